The van der Waals surface area contributed by atoms with Crippen LogP contribution in [0.5, 0.6) is 0 Å². The molecule has 2 fully saturated rings. The Hall–Kier alpha value is -2.04. The molecule has 0 radical (unpaired) electrons. The van der Waals surface area contributed by atoms with Gasteiger partial charge in [0.25, 0.3) is 0 Å². The summed E-state index contributed by atoms with van der Waals surface area (Å²) in [5, 5.41) is 5.80. The number of hydrogen-bond donors (Lipinski definition) is 2. The minimum absolute atomic E-state index is 0.00882. The van der Waals surface area contributed by atoms with Crippen LogP contribution in [0.1, 0.15) is 43.5 Å². The van der Waals surface area contributed by atoms with Crippen LogP contribution in [0.15, 0.2) is 12.1 Å². The average molecular weight is 438 g/mol. The van der Waals surface area contributed by atoms with Crippen molar-refractivity contribution >= 4 is 11.6 Å². The van der Waals surface area contributed by atoms with Crippen LogP contribution in [0.3, 0.4) is 0 Å². The van der Waals surface area contributed by atoms with Gasteiger partial charge in [-0.25, -0.2) is 4.98 Å². The van der Waals surface area contributed by atoms with E-state index in [1.165, 1.54) is 0 Å². The average Bonchev–Trinajstić information content (AvgIpc) is 3.08. The lowest BCUT2D eigenvalue weighted by atomic mass is 9.90. The van der Waals surface area contributed by atoms with Crippen molar-refractivity contribution in [1.29, 1.82) is 0 Å². The maximum Gasteiger partial charge on any atom is 0.433 e. The standard InChI is InChI=1S/C19H24F6N4O/c1-29-7-6-11(10-29)17(30)27-13-4-2-12(3-5-13)26-14-8-15(18(20,21)22)28-16(9-14)19(23,24)25/h8-9,11-13H,2-7,10H2,1H3,(H,26,28)(H,27,30). The van der Waals surface area contributed by atoms with Gasteiger partial charge in [0.1, 0.15) is 11.4 Å². The van der Waals surface area contributed by atoms with Crippen LogP contribution in [0.2, 0.25) is 0 Å². The largest absolute Gasteiger partial charge is 0.433 e. The summed E-state index contributed by atoms with van der Waals surface area (Å²) in [6, 6.07) is 0.884. The number of carbonyl (C=O) groups excluding carboxylic acids is 1. The maximum absolute atomic E-state index is 12.9. The summed E-state index contributed by atoms with van der Waals surface area (Å²) in [5.74, 6) is -0.0289. The second kappa shape index (κ2) is 8.60. The van der Waals surface area contributed by atoms with Crippen LogP contribution >= 0.6 is 0 Å². The number of likely N-dealkylation sites (tertiary alicyclic amines) is 1. The normalized spacial score (nSPS) is 25.9. The van der Waals surface area contributed by atoms with Crippen molar-refractivity contribution < 1.29 is 31.1 Å². The van der Waals surface area contributed by atoms with E-state index in [4.69, 9.17) is 0 Å². The number of pyridine rings is 1. The lowest BCUT2D eigenvalue weighted by molar-refractivity contribution is -0.150. The predicted octanol–water partition coefficient (Wildman–Crippen LogP) is 3.91. The summed E-state index contributed by atoms with van der Waals surface area (Å²) in [5.41, 5.74) is -3.42. The number of aromatic nitrogens is 1. The number of nitrogens with zero attached hydrogens (tertiary/aromatic N) is 2. The Kier molecular flexibility index (Phi) is 6.49. The van der Waals surface area contributed by atoms with Crippen molar-refractivity contribution in [3.63, 3.8) is 0 Å². The first-order valence-electron chi connectivity index (χ1n) is 9.84. The lowest BCUT2D eigenvalue weighted by Crippen LogP contribution is -2.43. The van der Waals surface area contributed by atoms with Gasteiger partial charge in [0, 0.05) is 24.3 Å². The zero-order chi connectivity index (χ0) is 22.1. The summed E-state index contributed by atoms with van der Waals surface area (Å²) in [6.45, 7) is 1.59. The van der Waals surface area contributed by atoms with E-state index < -0.39 is 23.7 Å². The fourth-order valence-corrected chi connectivity index (χ4v) is 3.99. The summed E-state index contributed by atoms with van der Waals surface area (Å²) in [7, 11) is 1.96. The number of anilines is 1. The molecule has 0 aromatic carbocycles. The summed E-state index contributed by atoms with van der Waals surface area (Å²) < 4.78 is 77.6. The Morgan fingerprint density at radius 3 is 1.97 bits per heavy atom. The molecule has 1 amide bonds. The predicted molar refractivity (Wildman–Crippen MR) is 97.7 cm³/mol. The number of carbonyl (C=O) groups is 1. The van der Waals surface area contributed by atoms with Crippen LogP contribution in [-0.4, -0.2) is 48.0 Å². The molecular formula is C19H24F6N4O. The molecular weight excluding hydrogens is 414 g/mol. The minimum Gasteiger partial charge on any atom is -0.382 e. The van der Waals surface area contributed by atoms with Gasteiger partial charge < -0.3 is 15.5 Å². The van der Waals surface area contributed by atoms with Crippen molar-refractivity contribution in [2.75, 3.05) is 25.5 Å². The van der Waals surface area contributed by atoms with E-state index in [0.29, 0.717) is 44.4 Å². The van der Waals surface area contributed by atoms with Crippen LogP contribution in [0, 0.1) is 5.92 Å². The Morgan fingerprint density at radius 1 is 0.967 bits per heavy atom. The van der Waals surface area contributed by atoms with Gasteiger partial charge in [0.15, 0.2) is 0 Å². The molecule has 3 rings (SSSR count). The molecule has 168 valence electrons. The van der Waals surface area contributed by atoms with Gasteiger partial charge in [-0.1, -0.05) is 0 Å². The number of amides is 1. The quantitative estimate of drug-likeness (QED) is 0.700. The number of alkyl halides is 6. The van der Waals surface area contributed by atoms with E-state index in [1.54, 1.807) is 0 Å². The third-order valence-electron chi connectivity index (χ3n) is 5.61. The molecule has 5 nitrogen and oxygen atoms in total. The first-order chi connectivity index (χ1) is 13.9. The van der Waals surface area contributed by atoms with Crippen molar-refractivity contribution in [3.05, 3.63) is 23.5 Å². The first-order valence-corrected chi connectivity index (χ1v) is 9.84. The second-order valence-electron chi connectivity index (χ2n) is 8.07. The topological polar surface area (TPSA) is 57.3 Å². The highest BCUT2D eigenvalue weighted by molar-refractivity contribution is 5.79. The van der Waals surface area contributed by atoms with Gasteiger partial charge in [-0.05, 0) is 57.8 Å². The molecule has 1 unspecified atom stereocenters. The first kappa shape index (κ1) is 22.6. The molecule has 30 heavy (non-hydrogen) atoms. The van der Waals surface area contributed by atoms with Crippen molar-refractivity contribution in [2.45, 2.75) is 56.5 Å². The Labute approximate surface area is 170 Å². The monoisotopic (exact) mass is 438 g/mol. The van der Waals surface area contributed by atoms with Crippen LogP contribution in [0.25, 0.3) is 0 Å². The lowest BCUT2D eigenvalue weighted by Gasteiger charge is -2.31. The number of halogens is 6. The Balaban J connectivity index is 1.58. The molecule has 1 aliphatic heterocycles. The van der Waals surface area contributed by atoms with Gasteiger partial charge in [0.05, 0.1) is 5.92 Å². The van der Waals surface area contributed by atoms with Crippen LogP contribution < -0.4 is 10.6 Å². The fourth-order valence-electron chi connectivity index (χ4n) is 3.99. The van der Waals surface area contributed by atoms with Crippen molar-refractivity contribution in [2.24, 2.45) is 5.92 Å². The van der Waals surface area contributed by atoms with Crippen molar-refractivity contribution in [1.82, 2.24) is 15.2 Å². The van der Waals surface area contributed by atoms with E-state index in [2.05, 4.69) is 20.5 Å². The van der Waals surface area contributed by atoms with Gasteiger partial charge >= 0.3 is 12.4 Å². The number of nitrogens with one attached hydrogen (secondary N) is 2. The molecule has 1 aromatic rings. The third kappa shape index (κ3) is 5.77. The third-order valence-corrected chi connectivity index (χ3v) is 5.61. The van der Waals surface area contributed by atoms with Crippen LogP contribution in [-0.2, 0) is 17.1 Å². The van der Waals surface area contributed by atoms with E-state index in [0.717, 1.165) is 13.0 Å². The van der Waals surface area contributed by atoms with E-state index in [1.807, 2.05) is 7.05 Å². The highest BCUT2D eigenvalue weighted by Gasteiger charge is 2.39. The van der Waals surface area contributed by atoms with Gasteiger partial charge in [-0.15, -0.1) is 0 Å². The number of rotatable bonds is 4. The SMILES string of the molecule is CN1CCC(C(=O)NC2CCC(Nc3cc(C(F)(F)F)nc(C(F)(F)F)c3)CC2)C1. The van der Waals surface area contributed by atoms with Gasteiger partial charge in [-0.3, -0.25) is 4.79 Å². The maximum atomic E-state index is 12.9. The number of hydrogen-bond acceptors (Lipinski definition) is 4. The minimum atomic E-state index is -4.98. The second-order valence-corrected chi connectivity index (χ2v) is 8.07. The molecule has 0 bridgehead atoms. The Morgan fingerprint density at radius 2 is 1.50 bits per heavy atom. The molecule has 2 N–H and O–H groups in total. The smallest absolute Gasteiger partial charge is 0.382 e. The molecule has 11 heteroatoms. The molecule has 1 saturated carbocycles. The molecule has 1 atom stereocenters. The van der Waals surface area contributed by atoms with E-state index in [9.17, 15) is 31.1 Å². The zero-order valence-corrected chi connectivity index (χ0v) is 16.4. The van der Waals surface area contributed by atoms with E-state index >= 15 is 0 Å². The van der Waals surface area contributed by atoms with E-state index in [-0.39, 0.29) is 29.6 Å². The summed E-state index contributed by atoms with van der Waals surface area (Å²) in [6.07, 6.45) is -6.88. The molecule has 1 aliphatic carbocycles. The highest BCUT2D eigenvalue weighted by atomic mass is 19.4. The molecule has 2 heterocycles. The molecule has 1 saturated heterocycles. The fraction of sp³-hybridized carbons (Fsp3) is 0.684. The molecule has 0 spiro atoms. The van der Waals surface area contributed by atoms with Crippen LogP contribution in [0.4, 0.5) is 32.0 Å². The molecule has 2 aliphatic rings. The molecule has 1 aromatic heterocycles. The van der Waals surface area contributed by atoms with Gasteiger partial charge in [0.2, 0.25) is 5.91 Å². The van der Waals surface area contributed by atoms with Crippen molar-refractivity contribution in [3.8, 4) is 0 Å². The Bertz CT molecular complexity index is 726. The summed E-state index contributed by atoms with van der Waals surface area (Å²) >= 11 is 0. The zero-order valence-electron chi connectivity index (χ0n) is 16.4. The highest BCUT2D eigenvalue weighted by Crippen LogP contribution is 2.35. The summed E-state index contributed by atoms with van der Waals surface area (Å²) in [4.78, 5) is 17.1. The van der Waals surface area contributed by atoms with Gasteiger partial charge in [-0.2, -0.15) is 26.3 Å².